The second-order valence-corrected chi connectivity index (χ2v) is 7.26. The van der Waals surface area contributed by atoms with Gasteiger partial charge >= 0.3 is 17.8 Å². The normalized spacial score (nSPS) is 15.7. The first kappa shape index (κ1) is 20.6. The molecule has 0 unspecified atom stereocenters. The molecule has 1 fully saturated rings. The number of amides is 5. The Balaban J connectivity index is 1.96. The molecule has 1 aromatic carbocycles. The minimum absolute atomic E-state index is 0.167. The average Bonchev–Trinajstić information content (AvgIpc) is 2.80. The fraction of sp³-hybridized carbons (Fsp3) is 0.500. The van der Waals surface area contributed by atoms with Gasteiger partial charge in [-0.25, -0.2) is 9.69 Å². The Hall–Kier alpha value is -2.70. The quantitative estimate of drug-likeness (QED) is 0.559. The first-order valence-corrected chi connectivity index (χ1v) is 9.30. The summed E-state index contributed by atoms with van der Waals surface area (Å²) in [7, 11) is 0. The van der Waals surface area contributed by atoms with Gasteiger partial charge in [0.05, 0.1) is 6.04 Å². The van der Waals surface area contributed by atoms with E-state index in [4.69, 9.17) is 0 Å². The van der Waals surface area contributed by atoms with E-state index in [2.05, 4.69) is 19.2 Å². The van der Waals surface area contributed by atoms with Gasteiger partial charge in [-0.1, -0.05) is 45.0 Å². The van der Waals surface area contributed by atoms with Crippen molar-refractivity contribution in [2.45, 2.75) is 46.6 Å². The number of carbonyl (C=O) groups excluding carboxylic acids is 4. The maximum Gasteiger partial charge on any atom is 0.334 e. The summed E-state index contributed by atoms with van der Waals surface area (Å²) in [6.45, 7) is 7.65. The Kier molecular flexibility index (Phi) is 6.71. The lowest BCUT2D eigenvalue weighted by molar-refractivity contribution is -0.144. The van der Waals surface area contributed by atoms with Crippen LogP contribution >= 0.6 is 0 Å². The third kappa shape index (κ3) is 4.93. The van der Waals surface area contributed by atoms with Crippen molar-refractivity contribution in [3.05, 3.63) is 35.4 Å². The topological polar surface area (TPSA) is 86.8 Å². The van der Waals surface area contributed by atoms with E-state index in [0.717, 1.165) is 16.9 Å². The molecule has 7 heteroatoms. The van der Waals surface area contributed by atoms with Crippen LogP contribution in [0.15, 0.2) is 24.3 Å². The van der Waals surface area contributed by atoms with Crippen molar-refractivity contribution in [1.82, 2.24) is 15.1 Å². The lowest BCUT2D eigenvalue weighted by Crippen LogP contribution is -2.42. The van der Waals surface area contributed by atoms with Crippen LogP contribution in [0.25, 0.3) is 0 Å². The largest absolute Gasteiger partial charge is 0.348 e. The summed E-state index contributed by atoms with van der Waals surface area (Å²) in [4.78, 5) is 49.8. The summed E-state index contributed by atoms with van der Waals surface area (Å²) >= 11 is 0. The minimum atomic E-state index is -0.950. The van der Waals surface area contributed by atoms with E-state index in [1.807, 2.05) is 31.2 Å². The average molecular weight is 373 g/mol. The number of hydrogen-bond acceptors (Lipinski definition) is 4. The fourth-order valence-electron chi connectivity index (χ4n) is 3.04. The summed E-state index contributed by atoms with van der Waals surface area (Å²) in [5.41, 5.74) is 2.16. The molecule has 0 aromatic heterocycles. The van der Waals surface area contributed by atoms with Crippen LogP contribution in [-0.4, -0.2) is 46.6 Å². The van der Waals surface area contributed by atoms with E-state index in [1.165, 1.54) is 5.56 Å². The molecule has 5 amide bonds. The number of carbonyl (C=O) groups is 4. The minimum Gasteiger partial charge on any atom is -0.348 e. The maximum absolute atomic E-state index is 12.3. The van der Waals surface area contributed by atoms with Crippen molar-refractivity contribution in [3.63, 3.8) is 0 Å². The number of rotatable bonds is 8. The number of urea groups is 1. The van der Waals surface area contributed by atoms with Crippen LogP contribution in [0.5, 0.6) is 0 Å². The van der Waals surface area contributed by atoms with Crippen molar-refractivity contribution in [3.8, 4) is 0 Å². The van der Waals surface area contributed by atoms with Crippen molar-refractivity contribution in [1.29, 1.82) is 0 Å². The van der Waals surface area contributed by atoms with Gasteiger partial charge in [-0.2, -0.15) is 0 Å². The Bertz CT molecular complexity index is 727. The molecule has 1 aliphatic heterocycles. The van der Waals surface area contributed by atoms with Gasteiger partial charge in [-0.3, -0.25) is 19.3 Å². The zero-order valence-electron chi connectivity index (χ0n) is 16.3. The summed E-state index contributed by atoms with van der Waals surface area (Å²) in [5.74, 6) is -1.74. The summed E-state index contributed by atoms with van der Waals surface area (Å²) in [6, 6.07) is 6.98. The molecule has 0 saturated carbocycles. The third-order valence-corrected chi connectivity index (χ3v) is 4.39. The smallest absolute Gasteiger partial charge is 0.334 e. The number of nitrogens with zero attached hydrogens (tertiary/aromatic N) is 2. The van der Waals surface area contributed by atoms with E-state index in [-0.39, 0.29) is 12.6 Å². The predicted octanol–water partition coefficient (Wildman–Crippen LogP) is 2.26. The van der Waals surface area contributed by atoms with E-state index in [1.54, 1.807) is 6.92 Å². The highest BCUT2D eigenvalue weighted by Crippen LogP contribution is 2.16. The molecule has 0 radical (unpaired) electrons. The maximum atomic E-state index is 12.3. The highest BCUT2D eigenvalue weighted by molar-refractivity contribution is 6.45. The van der Waals surface area contributed by atoms with Crippen molar-refractivity contribution in [2.75, 3.05) is 13.1 Å². The number of nitrogens with one attached hydrogen (secondary N) is 1. The van der Waals surface area contributed by atoms with Crippen LogP contribution in [0, 0.1) is 5.92 Å². The van der Waals surface area contributed by atoms with Crippen LogP contribution in [0.1, 0.15) is 51.3 Å². The molecule has 1 heterocycles. The molecule has 1 atom stereocenters. The van der Waals surface area contributed by atoms with Crippen molar-refractivity contribution in [2.24, 2.45) is 5.92 Å². The van der Waals surface area contributed by atoms with E-state index in [0.29, 0.717) is 17.2 Å². The highest BCUT2D eigenvalue weighted by Gasteiger charge is 2.44. The zero-order chi connectivity index (χ0) is 20.1. The molecule has 0 spiro atoms. The third-order valence-electron chi connectivity index (χ3n) is 4.39. The second-order valence-electron chi connectivity index (χ2n) is 7.26. The number of benzene rings is 1. The molecule has 27 heavy (non-hydrogen) atoms. The van der Waals surface area contributed by atoms with Crippen LogP contribution in [0.3, 0.4) is 0 Å². The summed E-state index contributed by atoms with van der Waals surface area (Å²) < 4.78 is 0. The lowest BCUT2D eigenvalue weighted by atomic mass is 10.00. The molecule has 1 saturated heterocycles. The van der Waals surface area contributed by atoms with E-state index in [9.17, 15) is 19.2 Å². The van der Waals surface area contributed by atoms with Gasteiger partial charge in [0, 0.05) is 6.54 Å². The molecular formula is C20H27N3O4. The predicted molar refractivity (Wildman–Crippen MR) is 101 cm³/mol. The van der Waals surface area contributed by atoms with Gasteiger partial charge in [0.25, 0.3) is 0 Å². The van der Waals surface area contributed by atoms with Gasteiger partial charge in [0.15, 0.2) is 0 Å². The Morgan fingerprint density at radius 1 is 1.00 bits per heavy atom. The first-order chi connectivity index (χ1) is 12.7. The van der Waals surface area contributed by atoms with Crippen molar-refractivity contribution >= 4 is 23.8 Å². The molecule has 1 aliphatic rings. The van der Waals surface area contributed by atoms with Crippen LogP contribution in [-0.2, 0) is 20.8 Å². The summed E-state index contributed by atoms with van der Waals surface area (Å²) in [6.07, 6.45) is 1.54. The second kappa shape index (κ2) is 8.79. The van der Waals surface area contributed by atoms with Crippen LogP contribution in [0.4, 0.5) is 4.79 Å². The van der Waals surface area contributed by atoms with Gasteiger partial charge < -0.3 is 5.32 Å². The molecule has 0 aliphatic carbocycles. The molecule has 1 N–H and O–H groups in total. The Morgan fingerprint density at radius 3 is 2.15 bits per heavy atom. The van der Waals surface area contributed by atoms with E-state index < -0.39 is 30.3 Å². The Morgan fingerprint density at radius 2 is 1.59 bits per heavy atom. The summed E-state index contributed by atoms with van der Waals surface area (Å²) in [5, 5.41) is 2.77. The monoisotopic (exact) mass is 373 g/mol. The zero-order valence-corrected chi connectivity index (χ0v) is 16.3. The first-order valence-electron chi connectivity index (χ1n) is 9.30. The molecule has 0 bridgehead atoms. The molecular weight excluding hydrogens is 346 g/mol. The number of imide groups is 2. The molecule has 146 valence electrons. The standard InChI is InChI=1S/C20H27N3O4/c1-5-10-22-18(25)19(26)23(20(22)27)12-17(24)21-14(4)16-8-6-15(7-9-16)11-13(2)3/h6-9,13-14H,5,10-12H2,1-4H3,(H,21,24)/t14-/m1/s1. The lowest BCUT2D eigenvalue weighted by Gasteiger charge is -2.18. The van der Waals surface area contributed by atoms with Gasteiger partial charge in [-0.05, 0) is 36.8 Å². The van der Waals surface area contributed by atoms with Gasteiger partial charge in [0.2, 0.25) is 5.91 Å². The molecule has 2 rings (SSSR count). The van der Waals surface area contributed by atoms with Crippen LogP contribution < -0.4 is 5.32 Å². The van der Waals surface area contributed by atoms with Crippen LogP contribution in [0.2, 0.25) is 0 Å². The highest BCUT2D eigenvalue weighted by atomic mass is 16.2. The SMILES string of the molecule is CCCN1C(=O)C(=O)N(CC(=O)N[C@H](C)c2ccc(CC(C)C)cc2)C1=O. The molecule has 1 aromatic rings. The molecule has 7 nitrogen and oxygen atoms in total. The van der Waals surface area contributed by atoms with Gasteiger partial charge in [0.1, 0.15) is 6.54 Å². The number of hydrogen-bond donors (Lipinski definition) is 1. The van der Waals surface area contributed by atoms with Gasteiger partial charge in [-0.15, -0.1) is 0 Å². The Labute approximate surface area is 159 Å². The fourth-order valence-corrected chi connectivity index (χ4v) is 3.04. The van der Waals surface area contributed by atoms with E-state index >= 15 is 0 Å². The van der Waals surface area contributed by atoms with Crippen molar-refractivity contribution < 1.29 is 19.2 Å².